The van der Waals surface area contributed by atoms with Crippen molar-refractivity contribution < 1.29 is 19.8 Å². The number of aryl methyl sites for hydroxylation is 2. The molecule has 0 atom stereocenters. The molecule has 4 N–H and O–H groups in total. The molecule has 0 bridgehead atoms. The molecule has 0 radical (unpaired) electrons. The first kappa shape index (κ1) is 22.8. The molecule has 0 unspecified atom stereocenters. The summed E-state index contributed by atoms with van der Waals surface area (Å²) < 4.78 is 0. The zero-order valence-electron chi connectivity index (χ0n) is 18.8. The van der Waals surface area contributed by atoms with Crippen LogP contribution in [0.4, 0.5) is 5.69 Å². The van der Waals surface area contributed by atoms with E-state index >= 15 is 0 Å². The van der Waals surface area contributed by atoms with E-state index in [-0.39, 0.29) is 11.8 Å². The predicted octanol–water partition coefficient (Wildman–Crippen LogP) is 0.645. The van der Waals surface area contributed by atoms with Crippen molar-refractivity contribution in [3.8, 4) is 0 Å². The number of para-hydroxylation sites is 1. The van der Waals surface area contributed by atoms with Crippen LogP contribution in [0.25, 0.3) is 0 Å². The summed E-state index contributed by atoms with van der Waals surface area (Å²) in [7, 11) is 0. The SMILES string of the molecule is Cc1cccc(C)c1NC(=O)C[NH+]1CCN(C(=O)C[NH2+]C2CCCCCCC2)CC1. The van der Waals surface area contributed by atoms with E-state index in [9.17, 15) is 9.59 Å². The third-order valence-corrected chi connectivity index (χ3v) is 6.75. The summed E-state index contributed by atoms with van der Waals surface area (Å²) in [5, 5.41) is 5.36. The molecular formula is C24H40N4O2+2. The highest BCUT2D eigenvalue weighted by Gasteiger charge is 2.27. The molecule has 30 heavy (non-hydrogen) atoms. The van der Waals surface area contributed by atoms with E-state index < -0.39 is 0 Å². The second-order valence-electron chi connectivity index (χ2n) is 9.17. The summed E-state index contributed by atoms with van der Waals surface area (Å²) in [5.74, 6) is 0.316. The van der Waals surface area contributed by atoms with Crippen LogP contribution in [-0.2, 0) is 9.59 Å². The van der Waals surface area contributed by atoms with Crippen molar-refractivity contribution in [1.29, 1.82) is 0 Å². The van der Waals surface area contributed by atoms with Crippen LogP contribution in [0.15, 0.2) is 18.2 Å². The number of hydrogen-bond donors (Lipinski definition) is 3. The Balaban J connectivity index is 1.37. The summed E-state index contributed by atoms with van der Waals surface area (Å²) in [6, 6.07) is 6.67. The second kappa shape index (κ2) is 11.5. The molecule has 6 nitrogen and oxygen atoms in total. The maximum Gasteiger partial charge on any atom is 0.279 e. The van der Waals surface area contributed by atoms with Crippen LogP contribution in [0.5, 0.6) is 0 Å². The van der Waals surface area contributed by atoms with Gasteiger partial charge in [-0.3, -0.25) is 9.59 Å². The molecule has 3 rings (SSSR count). The maximum atomic E-state index is 12.6. The van der Waals surface area contributed by atoms with Gasteiger partial charge in [-0.1, -0.05) is 37.5 Å². The maximum absolute atomic E-state index is 12.6. The number of amides is 2. The first-order chi connectivity index (χ1) is 14.5. The number of nitrogens with two attached hydrogens (primary N) is 1. The molecule has 1 heterocycles. The standard InChI is InChI=1S/C24H38N4O2/c1-19-9-8-10-20(2)24(19)26-22(29)18-27-13-15-28(16-14-27)23(30)17-25-21-11-6-4-3-5-7-12-21/h8-10,21,25H,3-7,11-18H2,1-2H3,(H,26,29)/p+2. The highest BCUT2D eigenvalue weighted by Crippen LogP contribution is 2.19. The lowest BCUT2D eigenvalue weighted by Gasteiger charge is -2.32. The number of benzene rings is 1. The number of nitrogens with one attached hydrogen (secondary N) is 2. The number of carbonyl (C=O) groups excluding carboxylic acids is 2. The molecule has 6 heteroatoms. The highest BCUT2D eigenvalue weighted by atomic mass is 16.2. The lowest BCUT2D eigenvalue weighted by Crippen LogP contribution is -3.15. The number of anilines is 1. The zero-order chi connectivity index (χ0) is 21.3. The van der Waals surface area contributed by atoms with E-state index in [0.717, 1.165) is 43.0 Å². The van der Waals surface area contributed by atoms with Gasteiger partial charge >= 0.3 is 0 Å². The second-order valence-corrected chi connectivity index (χ2v) is 9.17. The first-order valence-electron chi connectivity index (χ1n) is 11.8. The molecule has 1 saturated heterocycles. The Hall–Kier alpha value is -1.92. The molecule has 0 spiro atoms. The Morgan fingerprint density at radius 3 is 2.27 bits per heavy atom. The largest absolute Gasteiger partial charge is 0.336 e. The van der Waals surface area contributed by atoms with Gasteiger partial charge < -0.3 is 20.4 Å². The van der Waals surface area contributed by atoms with E-state index in [2.05, 4.69) is 10.6 Å². The van der Waals surface area contributed by atoms with Crippen LogP contribution in [0.3, 0.4) is 0 Å². The van der Waals surface area contributed by atoms with E-state index in [1.165, 1.54) is 49.8 Å². The van der Waals surface area contributed by atoms with Crippen LogP contribution in [0.1, 0.15) is 56.1 Å². The van der Waals surface area contributed by atoms with Gasteiger partial charge in [-0.15, -0.1) is 0 Å². The third-order valence-electron chi connectivity index (χ3n) is 6.75. The van der Waals surface area contributed by atoms with Gasteiger partial charge in [0.1, 0.15) is 0 Å². The molecule has 1 saturated carbocycles. The van der Waals surface area contributed by atoms with Gasteiger partial charge in [-0.05, 0) is 50.7 Å². The topological polar surface area (TPSA) is 70.5 Å². The van der Waals surface area contributed by atoms with Crippen molar-refractivity contribution in [3.05, 3.63) is 29.3 Å². The predicted molar refractivity (Wildman–Crippen MR) is 120 cm³/mol. The van der Waals surface area contributed by atoms with Crippen molar-refractivity contribution in [2.45, 2.75) is 64.8 Å². The van der Waals surface area contributed by atoms with Gasteiger partial charge in [0.25, 0.3) is 11.8 Å². The average molecular weight is 417 g/mol. The quantitative estimate of drug-likeness (QED) is 0.637. The third kappa shape index (κ3) is 6.81. The zero-order valence-corrected chi connectivity index (χ0v) is 18.8. The minimum atomic E-state index is 0.0554. The highest BCUT2D eigenvalue weighted by molar-refractivity contribution is 5.93. The monoisotopic (exact) mass is 416 g/mol. The van der Waals surface area contributed by atoms with Crippen molar-refractivity contribution in [1.82, 2.24) is 4.90 Å². The molecule has 2 aliphatic rings. The van der Waals surface area contributed by atoms with Crippen LogP contribution in [0, 0.1) is 13.8 Å². The van der Waals surface area contributed by atoms with Crippen molar-refractivity contribution in [2.75, 3.05) is 44.6 Å². The molecule has 0 aromatic heterocycles. The molecule has 2 fully saturated rings. The molecule has 166 valence electrons. The van der Waals surface area contributed by atoms with Crippen molar-refractivity contribution in [2.24, 2.45) is 0 Å². The molecule has 1 aliphatic carbocycles. The Bertz CT molecular complexity index is 685. The lowest BCUT2D eigenvalue weighted by molar-refractivity contribution is -0.895. The summed E-state index contributed by atoms with van der Waals surface area (Å²) in [6.45, 7) is 8.27. The number of carbonyl (C=O) groups is 2. The molecule has 2 amide bonds. The van der Waals surface area contributed by atoms with Gasteiger partial charge in [0.05, 0.1) is 32.2 Å². The fourth-order valence-electron chi connectivity index (χ4n) is 4.79. The normalized spacial score (nSPS) is 19.2. The molecule has 1 aromatic carbocycles. The van der Waals surface area contributed by atoms with Gasteiger partial charge in [-0.2, -0.15) is 0 Å². The summed E-state index contributed by atoms with van der Waals surface area (Å²) in [4.78, 5) is 28.4. The van der Waals surface area contributed by atoms with Crippen molar-refractivity contribution in [3.63, 3.8) is 0 Å². The van der Waals surface area contributed by atoms with Crippen molar-refractivity contribution >= 4 is 17.5 Å². The number of quaternary nitrogens is 2. The number of hydrogen-bond acceptors (Lipinski definition) is 2. The summed E-state index contributed by atoms with van der Waals surface area (Å²) in [5.41, 5.74) is 3.11. The minimum Gasteiger partial charge on any atom is -0.336 e. The fourth-order valence-corrected chi connectivity index (χ4v) is 4.79. The Morgan fingerprint density at radius 1 is 1.03 bits per heavy atom. The Morgan fingerprint density at radius 2 is 1.63 bits per heavy atom. The minimum absolute atomic E-state index is 0.0554. The number of piperazine rings is 1. The van der Waals surface area contributed by atoms with E-state index in [4.69, 9.17) is 0 Å². The van der Waals surface area contributed by atoms with Gasteiger partial charge in [0, 0.05) is 5.69 Å². The Kier molecular flexibility index (Phi) is 8.70. The van der Waals surface area contributed by atoms with E-state index in [0.29, 0.717) is 19.1 Å². The molecule has 1 aliphatic heterocycles. The van der Waals surface area contributed by atoms with Gasteiger partial charge in [-0.25, -0.2) is 0 Å². The van der Waals surface area contributed by atoms with Crippen LogP contribution in [-0.4, -0.2) is 62.0 Å². The Labute approximate surface area is 181 Å². The van der Waals surface area contributed by atoms with E-state index in [1.54, 1.807) is 0 Å². The summed E-state index contributed by atoms with van der Waals surface area (Å²) in [6.07, 6.45) is 9.19. The van der Waals surface area contributed by atoms with Crippen LogP contribution >= 0.6 is 0 Å². The van der Waals surface area contributed by atoms with E-state index in [1.807, 2.05) is 36.9 Å². The number of nitrogens with zero attached hydrogens (tertiary/aromatic N) is 1. The van der Waals surface area contributed by atoms with Gasteiger partial charge in [0.2, 0.25) is 0 Å². The average Bonchev–Trinajstić information content (AvgIpc) is 2.70. The fraction of sp³-hybridized carbons (Fsp3) is 0.667. The molecular weight excluding hydrogens is 376 g/mol. The van der Waals surface area contributed by atoms with Gasteiger partial charge in [0.15, 0.2) is 13.1 Å². The summed E-state index contributed by atoms with van der Waals surface area (Å²) >= 11 is 0. The molecule has 1 aromatic rings. The lowest BCUT2D eigenvalue weighted by atomic mass is 9.97. The van der Waals surface area contributed by atoms with Crippen LogP contribution < -0.4 is 15.5 Å². The van der Waals surface area contributed by atoms with Crippen LogP contribution in [0.2, 0.25) is 0 Å². The number of rotatable bonds is 6. The first-order valence-corrected chi connectivity index (χ1v) is 11.8. The smallest absolute Gasteiger partial charge is 0.279 e.